The Bertz CT molecular complexity index is 3100. The molecule has 244 valence electrons. The van der Waals surface area contributed by atoms with Gasteiger partial charge in [0, 0.05) is 27.3 Å². The molecule has 3 heteroatoms. The van der Waals surface area contributed by atoms with E-state index in [1.807, 2.05) is 12.1 Å². The predicted octanol–water partition coefficient (Wildman–Crippen LogP) is 12.7. The van der Waals surface area contributed by atoms with Crippen molar-refractivity contribution in [1.29, 1.82) is 0 Å². The van der Waals surface area contributed by atoms with E-state index in [1.54, 1.807) is 0 Å². The van der Waals surface area contributed by atoms with Crippen molar-refractivity contribution in [3.8, 4) is 39.3 Å². The van der Waals surface area contributed by atoms with E-state index in [-0.39, 0.29) is 5.41 Å². The van der Waals surface area contributed by atoms with Gasteiger partial charge in [-0.3, -0.25) is 4.57 Å². The molecule has 0 fully saturated rings. The molecule has 1 aliphatic carbocycles. The molecule has 2 heterocycles. The van der Waals surface area contributed by atoms with Gasteiger partial charge in [0.25, 0.3) is 0 Å². The molecule has 0 unspecified atom stereocenters. The molecule has 0 saturated carbocycles. The Labute approximate surface area is 301 Å². The number of nitrogens with zero attached hydrogens (tertiary/aromatic N) is 3. The molecule has 1 aliphatic rings. The molecular formula is C49H33N3. The monoisotopic (exact) mass is 663 g/mol. The fraction of sp³-hybridized carbons (Fsp3) is 0.0612. The van der Waals surface area contributed by atoms with Gasteiger partial charge < -0.3 is 0 Å². The van der Waals surface area contributed by atoms with Crippen LogP contribution in [0.1, 0.15) is 25.0 Å². The van der Waals surface area contributed by atoms with Crippen LogP contribution in [0.25, 0.3) is 93.7 Å². The van der Waals surface area contributed by atoms with Crippen molar-refractivity contribution in [3.05, 3.63) is 175 Å². The standard InChI is InChI=1S/C49H33N3/c1-49(2)39-27-24-30-13-6-8-17-34(30)44(39)37-26-23-33(29-40(37)49)36-19-12-20-38-45-35-18-9-7-14-31(35)25-28-43(45)52(47(36)38)48-46(32-15-4-3-5-16-32)50-41-21-10-11-22-42(41)51-48/h3-29H,1-2H3. The van der Waals surface area contributed by atoms with E-state index in [2.05, 4.69) is 170 Å². The molecule has 8 aromatic carbocycles. The maximum atomic E-state index is 5.45. The van der Waals surface area contributed by atoms with E-state index in [9.17, 15) is 0 Å². The molecule has 0 aliphatic heterocycles. The van der Waals surface area contributed by atoms with Gasteiger partial charge in [-0.25, -0.2) is 9.97 Å². The third kappa shape index (κ3) is 4.02. The molecule has 2 aromatic heterocycles. The van der Waals surface area contributed by atoms with Crippen LogP contribution in [0.2, 0.25) is 0 Å². The molecule has 0 N–H and O–H groups in total. The summed E-state index contributed by atoms with van der Waals surface area (Å²) < 4.78 is 2.38. The van der Waals surface area contributed by atoms with Gasteiger partial charge >= 0.3 is 0 Å². The average molecular weight is 664 g/mol. The minimum absolute atomic E-state index is 0.147. The largest absolute Gasteiger partial charge is 0.291 e. The minimum atomic E-state index is -0.147. The van der Waals surface area contributed by atoms with E-state index >= 15 is 0 Å². The number of para-hydroxylation sites is 3. The maximum Gasteiger partial charge on any atom is 0.165 e. The first-order valence-corrected chi connectivity index (χ1v) is 18.0. The highest BCUT2D eigenvalue weighted by molar-refractivity contribution is 6.23. The first-order chi connectivity index (χ1) is 25.6. The number of hydrogen-bond donors (Lipinski definition) is 0. The van der Waals surface area contributed by atoms with Crippen LogP contribution >= 0.6 is 0 Å². The summed E-state index contributed by atoms with van der Waals surface area (Å²) in [6, 6.07) is 59.2. The van der Waals surface area contributed by atoms with Crippen LogP contribution in [-0.4, -0.2) is 14.5 Å². The highest BCUT2D eigenvalue weighted by Gasteiger charge is 2.37. The predicted molar refractivity (Wildman–Crippen MR) is 217 cm³/mol. The Morgan fingerprint density at radius 3 is 1.98 bits per heavy atom. The summed E-state index contributed by atoms with van der Waals surface area (Å²) in [5.41, 5.74) is 13.5. The summed E-state index contributed by atoms with van der Waals surface area (Å²) in [6.45, 7) is 4.74. The van der Waals surface area contributed by atoms with Crippen molar-refractivity contribution in [2.75, 3.05) is 0 Å². The third-order valence-corrected chi connectivity index (χ3v) is 11.4. The number of hydrogen-bond acceptors (Lipinski definition) is 2. The second-order valence-electron chi connectivity index (χ2n) is 14.6. The van der Waals surface area contributed by atoms with E-state index < -0.39 is 0 Å². The van der Waals surface area contributed by atoms with Gasteiger partial charge in [0.2, 0.25) is 0 Å². The van der Waals surface area contributed by atoms with E-state index in [4.69, 9.17) is 9.97 Å². The van der Waals surface area contributed by atoms with E-state index in [0.717, 1.165) is 39.1 Å². The molecular weight excluding hydrogens is 631 g/mol. The zero-order valence-corrected chi connectivity index (χ0v) is 28.9. The summed E-state index contributed by atoms with van der Waals surface area (Å²) in [6.07, 6.45) is 0. The van der Waals surface area contributed by atoms with Crippen LogP contribution in [-0.2, 0) is 5.41 Å². The number of fused-ring (bicyclic) bond motifs is 11. The Kier molecular flexibility index (Phi) is 6.01. The molecule has 3 nitrogen and oxygen atoms in total. The summed E-state index contributed by atoms with van der Waals surface area (Å²) in [7, 11) is 0. The van der Waals surface area contributed by atoms with Gasteiger partial charge in [-0.15, -0.1) is 0 Å². The molecule has 52 heavy (non-hydrogen) atoms. The van der Waals surface area contributed by atoms with Crippen LogP contribution < -0.4 is 0 Å². The summed E-state index contributed by atoms with van der Waals surface area (Å²) >= 11 is 0. The highest BCUT2D eigenvalue weighted by atomic mass is 15.1. The average Bonchev–Trinajstić information content (AvgIpc) is 3.66. The normalized spacial score (nSPS) is 13.3. The minimum Gasteiger partial charge on any atom is -0.291 e. The van der Waals surface area contributed by atoms with Crippen molar-refractivity contribution >= 4 is 54.4 Å². The van der Waals surface area contributed by atoms with E-state index in [1.165, 1.54) is 65.7 Å². The van der Waals surface area contributed by atoms with Gasteiger partial charge in [-0.2, -0.15) is 0 Å². The number of aromatic nitrogens is 3. The van der Waals surface area contributed by atoms with Crippen molar-refractivity contribution in [3.63, 3.8) is 0 Å². The van der Waals surface area contributed by atoms with Crippen molar-refractivity contribution in [1.82, 2.24) is 14.5 Å². The van der Waals surface area contributed by atoms with Gasteiger partial charge in [-0.05, 0) is 73.6 Å². The lowest BCUT2D eigenvalue weighted by atomic mass is 9.81. The zero-order chi connectivity index (χ0) is 34.6. The Hall–Kier alpha value is -6.58. The molecule has 11 rings (SSSR count). The van der Waals surface area contributed by atoms with Crippen LogP contribution in [0.3, 0.4) is 0 Å². The third-order valence-electron chi connectivity index (χ3n) is 11.4. The first kappa shape index (κ1) is 29.2. The van der Waals surface area contributed by atoms with Crippen molar-refractivity contribution in [2.24, 2.45) is 0 Å². The van der Waals surface area contributed by atoms with Gasteiger partial charge in [0.05, 0.1) is 22.1 Å². The number of rotatable bonds is 3. The quantitative estimate of drug-likeness (QED) is 0.188. The van der Waals surface area contributed by atoms with Gasteiger partial charge in [-0.1, -0.05) is 153 Å². The van der Waals surface area contributed by atoms with Crippen molar-refractivity contribution < 1.29 is 0 Å². The van der Waals surface area contributed by atoms with Gasteiger partial charge in [0.1, 0.15) is 5.69 Å². The Balaban J connectivity index is 1.26. The second-order valence-corrected chi connectivity index (χ2v) is 14.6. The van der Waals surface area contributed by atoms with Crippen LogP contribution in [0, 0.1) is 0 Å². The van der Waals surface area contributed by atoms with E-state index in [0.29, 0.717) is 0 Å². The topological polar surface area (TPSA) is 30.7 Å². The number of benzene rings is 8. The lowest BCUT2D eigenvalue weighted by molar-refractivity contribution is 0.661. The Morgan fingerprint density at radius 2 is 1.15 bits per heavy atom. The van der Waals surface area contributed by atoms with Crippen LogP contribution in [0.5, 0.6) is 0 Å². The molecule has 0 spiro atoms. The lowest BCUT2D eigenvalue weighted by Gasteiger charge is -2.22. The SMILES string of the molecule is CC1(C)c2cc(-c3cccc4c5c6ccccc6ccc5n(-c5nc6ccccc6nc5-c5ccccc5)c34)ccc2-c2c1ccc1ccccc21. The van der Waals surface area contributed by atoms with Crippen molar-refractivity contribution in [2.45, 2.75) is 19.3 Å². The molecule has 0 radical (unpaired) electrons. The summed E-state index contributed by atoms with van der Waals surface area (Å²) in [5, 5.41) is 7.47. The lowest BCUT2D eigenvalue weighted by Crippen LogP contribution is -2.15. The molecule has 0 amide bonds. The fourth-order valence-electron chi connectivity index (χ4n) is 8.90. The Morgan fingerprint density at radius 1 is 0.481 bits per heavy atom. The first-order valence-electron chi connectivity index (χ1n) is 18.0. The summed E-state index contributed by atoms with van der Waals surface area (Å²) in [4.78, 5) is 10.8. The van der Waals surface area contributed by atoms with Crippen LogP contribution in [0.4, 0.5) is 0 Å². The molecule has 0 bridgehead atoms. The second kappa shape index (κ2) is 10.7. The smallest absolute Gasteiger partial charge is 0.165 e. The summed E-state index contributed by atoms with van der Waals surface area (Å²) in [5.74, 6) is 0.827. The highest BCUT2D eigenvalue weighted by Crippen LogP contribution is 2.53. The molecule has 0 saturated heterocycles. The van der Waals surface area contributed by atoms with Crippen LogP contribution in [0.15, 0.2) is 164 Å². The fourth-order valence-corrected chi connectivity index (χ4v) is 8.90. The molecule has 0 atom stereocenters. The van der Waals surface area contributed by atoms with Gasteiger partial charge in [0.15, 0.2) is 5.82 Å². The maximum absolute atomic E-state index is 5.45. The molecule has 10 aromatic rings. The zero-order valence-electron chi connectivity index (χ0n) is 28.9.